The number of guanidine groups is 1. The lowest BCUT2D eigenvalue weighted by Crippen LogP contribution is -2.38. The number of halogens is 1. The fourth-order valence-electron chi connectivity index (χ4n) is 2.75. The summed E-state index contributed by atoms with van der Waals surface area (Å²) in [6.45, 7) is 8.08. The molecule has 0 spiro atoms. The van der Waals surface area contributed by atoms with Crippen LogP contribution in [0, 0.1) is 12.8 Å². The van der Waals surface area contributed by atoms with E-state index in [9.17, 15) is 0 Å². The third-order valence-electron chi connectivity index (χ3n) is 4.39. The van der Waals surface area contributed by atoms with Gasteiger partial charge >= 0.3 is 0 Å². The Balaban J connectivity index is 0.00000225. The number of hydrogen-bond acceptors (Lipinski definition) is 3. The average Bonchev–Trinajstić information content (AvgIpc) is 3.23. The van der Waals surface area contributed by atoms with Crippen LogP contribution in [-0.4, -0.2) is 38.4 Å². The number of benzene rings is 1. The molecular weight excluding hydrogens is 429 g/mol. The minimum atomic E-state index is 0. The lowest BCUT2D eigenvalue weighted by Gasteiger charge is -2.15. The minimum Gasteiger partial charge on any atom is -0.493 e. The predicted molar refractivity (Wildman–Crippen MR) is 112 cm³/mol. The van der Waals surface area contributed by atoms with Gasteiger partial charge in [-0.1, -0.05) is 12.1 Å². The molecule has 0 radical (unpaired) electrons. The Morgan fingerprint density at radius 2 is 2.16 bits per heavy atom. The van der Waals surface area contributed by atoms with E-state index in [0.29, 0.717) is 18.5 Å². The van der Waals surface area contributed by atoms with Gasteiger partial charge in [0.2, 0.25) is 0 Å². The molecule has 2 fully saturated rings. The SMILES string of the molecule is CCNC(=NCc1ccc(C)cc1OCC1CCOC1)NC1CC1.I. The third-order valence-corrected chi connectivity index (χ3v) is 4.39. The molecule has 0 amide bonds. The van der Waals surface area contributed by atoms with Crippen LogP contribution in [0.1, 0.15) is 37.3 Å². The van der Waals surface area contributed by atoms with Crippen LogP contribution in [0.25, 0.3) is 0 Å². The van der Waals surface area contributed by atoms with Crippen LogP contribution in [0.2, 0.25) is 0 Å². The molecule has 140 valence electrons. The van der Waals surface area contributed by atoms with Gasteiger partial charge in [-0.15, -0.1) is 24.0 Å². The van der Waals surface area contributed by atoms with Gasteiger partial charge in [0.25, 0.3) is 0 Å². The van der Waals surface area contributed by atoms with Crippen LogP contribution in [0.15, 0.2) is 23.2 Å². The highest BCUT2D eigenvalue weighted by molar-refractivity contribution is 14.0. The molecule has 0 aromatic heterocycles. The summed E-state index contributed by atoms with van der Waals surface area (Å²) >= 11 is 0. The van der Waals surface area contributed by atoms with E-state index in [0.717, 1.165) is 50.1 Å². The molecule has 1 saturated carbocycles. The van der Waals surface area contributed by atoms with Crippen LogP contribution < -0.4 is 15.4 Å². The number of aliphatic imine (C=N–C) groups is 1. The molecule has 25 heavy (non-hydrogen) atoms. The molecule has 2 N–H and O–H groups in total. The predicted octanol–water partition coefficient (Wildman–Crippen LogP) is 3.25. The first-order valence-electron chi connectivity index (χ1n) is 9.09. The molecule has 1 aromatic carbocycles. The largest absolute Gasteiger partial charge is 0.493 e. The van der Waals surface area contributed by atoms with Gasteiger partial charge in [-0.3, -0.25) is 0 Å². The molecular formula is C19H30IN3O2. The Kier molecular flexibility index (Phi) is 8.29. The average molecular weight is 459 g/mol. The molecule has 1 aromatic rings. The molecule has 1 heterocycles. The number of hydrogen-bond donors (Lipinski definition) is 2. The van der Waals surface area contributed by atoms with Crippen molar-refractivity contribution >= 4 is 29.9 Å². The second-order valence-corrected chi connectivity index (χ2v) is 6.77. The molecule has 1 aliphatic heterocycles. The van der Waals surface area contributed by atoms with Gasteiger partial charge in [-0.2, -0.15) is 0 Å². The molecule has 1 atom stereocenters. The fourth-order valence-corrected chi connectivity index (χ4v) is 2.75. The van der Waals surface area contributed by atoms with E-state index in [1.807, 2.05) is 0 Å². The van der Waals surface area contributed by atoms with Gasteiger partial charge < -0.3 is 20.1 Å². The minimum absolute atomic E-state index is 0. The Hall–Kier alpha value is -1.02. The van der Waals surface area contributed by atoms with E-state index >= 15 is 0 Å². The fraction of sp³-hybridized carbons (Fsp3) is 0.632. The van der Waals surface area contributed by atoms with Gasteiger partial charge in [0.15, 0.2) is 5.96 Å². The number of ether oxygens (including phenoxy) is 2. The maximum absolute atomic E-state index is 6.10. The van der Waals surface area contributed by atoms with Crippen LogP contribution in [0.3, 0.4) is 0 Å². The second kappa shape index (κ2) is 10.2. The molecule has 1 unspecified atom stereocenters. The quantitative estimate of drug-likeness (QED) is 0.374. The first-order chi connectivity index (χ1) is 11.7. The van der Waals surface area contributed by atoms with Crippen LogP contribution in [-0.2, 0) is 11.3 Å². The van der Waals surface area contributed by atoms with Crippen LogP contribution in [0.4, 0.5) is 0 Å². The highest BCUT2D eigenvalue weighted by Crippen LogP contribution is 2.24. The van der Waals surface area contributed by atoms with E-state index in [1.165, 1.54) is 18.4 Å². The van der Waals surface area contributed by atoms with Crippen molar-refractivity contribution in [1.82, 2.24) is 10.6 Å². The van der Waals surface area contributed by atoms with Gasteiger partial charge in [0, 0.05) is 30.7 Å². The summed E-state index contributed by atoms with van der Waals surface area (Å²) in [5.74, 6) is 2.36. The Labute approximate surface area is 168 Å². The lowest BCUT2D eigenvalue weighted by molar-refractivity contribution is 0.166. The summed E-state index contributed by atoms with van der Waals surface area (Å²) in [6, 6.07) is 6.96. The van der Waals surface area contributed by atoms with Crippen molar-refractivity contribution < 1.29 is 9.47 Å². The molecule has 1 saturated heterocycles. The summed E-state index contributed by atoms with van der Waals surface area (Å²) in [5.41, 5.74) is 2.34. The number of nitrogens with zero attached hydrogens (tertiary/aromatic N) is 1. The van der Waals surface area contributed by atoms with E-state index < -0.39 is 0 Å². The Morgan fingerprint density at radius 3 is 2.84 bits per heavy atom. The first-order valence-corrected chi connectivity index (χ1v) is 9.09. The zero-order valence-corrected chi connectivity index (χ0v) is 17.5. The zero-order chi connectivity index (χ0) is 16.8. The molecule has 5 nitrogen and oxygen atoms in total. The van der Waals surface area contributed by atoms with Crippen molar-refractivity contribution in [3.8, 4) is 5.75 Å². The van der Waals surface area contributed by atoms with Gasteiger partial charge in [0.1, 0.15) is 5.75 Å². The first kappa shape index (κ1) is 20.3. The third kappa shape index (κ3) is 6.66. The number of nitrogens with one attached hydrogen (secondary N) is 2. The van der Waals surface area contributed by atoms with E-state index in [4.69, 9.17) is 14.5 Å². The molecule has 6 heteroatoms. The zero-order valence-electron chi connectivity index (χ0n) is 15.2. The Bertz CT molecular complexity index is 570. The molecule has 0 bridgehead atoms. The van der Waals surface area contributed by atoms with Crippen molar-refractivity contribution in [3.63, 3.8) is 0 Å². The summed E-state index contributed by atoms with van der Waals surface area (Å²) in [6.07, 6.45) is 3.58. The van der Waals surface area contributed by atoms with Gasteiger partial charge in [0.05, 0.1) is 19.8 Å². The monoisotopic (exact) mass is 459 g/mol. The molecule has 1 aliphatic carbocycles. The number of aryl methyl sites for hydroxylation is 1. The normalized spacial score (nSPS) is 20.1. The van der Waals surface area contributed by atoms with E-state index in [-0.39, 0.29) is 24.0 Å². The van der Waals surface area contributed by atoms with Crippen molar-refractivity contribution in [1.29, 1.82) is 0 Å². The maximum atomic E-state index is 6.10. The highest BCUT2D eigenvalue weighted by atomic mass is 127. The second-order valence-electron chi connectivity index (χ2n) is 6.77. The van der Waals surface area contributed by atoms with Crippen molar-refractivity contribution in [2.75, 3.05) is 26.4 Å². The van der Waals surface area contributed by atoms with E-state index in [2.05, 4.69) is 42.7 Å². The van der Waals surface area contributed by atoms with E-state index in [1.54, 1.807) is 0 Å². The smallest absolute Gasteiger partial charge is 0.191 e. The van der Waals surface area contributed by atoms with Crippen molar-refractivity contribution in [2.45, 2.75) is 45.7 Å². The summed E-state index contributed by atoms with van der Waals surface area (Å²) in [7, 11) is 0. The van der Waals surface area contributed by atoms with Crippen molar-refractivity contribution in [2.24, 2.45) is 10.9 Å². The van der Waals surface area contributed by atoms with Gasteiger partial charge in [-0.25, -0.2) is 4.99 Å². The summed E-state index contributed by atoms with van der Waals surface area (Å²) in [5, 5.41) is 6.76. The number of rotatable bonds is 7. The molecule has 2 aliphatic rings. The summed E-state index contributed by atoms with van der Waals surface area (Å²) < 4.78 is 11.5. The topological polar surface area (TPSA) is 54.9 Å². The van der Waals surface area contributed by atoms with Crippen LogP contribution >= 0.6 is 24.0 Å². The highest BCUT2D eigenvalue weighted by Gasteiger charge is 2.22. The van der Waals surface area contributed by atoms with Crippen molar-refractivity contribution in [3.05, 3.63) is 29.3 Å². The summed E-state index contributed by atoms with van der Waals surface area (Å²) in [4.78, 5) is 4.72. The standard InChI is InChI=1S/C19H29N3O2.HI/c1-3-20-19(22-17-6-7-17)21-11-16-5-4-14(2)10-18(16)24-13-15-8-9-23-12-15;/h4-5,10,15,17H,3,6-9,11-13H2,1-2H3,(H2,20,21,22);1H. The lowest BCUT2D eigenvalue weighted by atomic mass is 10.1. The van der Waals surface area contributed by atoms with Crippen LogP contribution in [0.5, 0.6) is 5.75 Å². The maximum Gasteiger partial charge on any atom is 0.191 e. The molecule has 3 rings (SSSR count). The Morgan fingerprint density at radius 1 is 1.32 bits per heavy atom. The van der Waals surface area contributed by atoms with Gasteiger partial charge in [-0.05, 0) is 44.7 Å².